The summed E-state index contributed by atoms with van der Waals surface area (Å²) in [5, 5.41) is 2.63. The number of methoxy groups -OCH3 is 1. The Morgan fingerprint density at radius 2 is 1.87 bits per heavy atom. The van der Waals surface area contributed by atoms with E-state index in [2.05, 4.69) is 10.1 Å². The molecule has 0 bridgehead atoms. The van der Waals surface area contributed by atoms with Gasteiger partial charge in [-0.05, 0) is 36.8 Å². The number of hydrogen-bond acceptors (Lipinski definition) is 4. The predicted molar refractivity (Wildman–Crippen MR) is 83.0 cm³/mol. The van der Waals surface area contributed by atoms with Gasteiger partial charge in [0.2, 0.25) is 0 Å². The number of esters is 1. The Hall–Kier alpha value is -2.89. The average molecular weight is 317 g/mol. The van der Waals surface area contributed by atoms with Gasteiger partial charge in [0, 0.05) is 5.69 Å². The van der Waals surface area contributed by atoms with Crippen molar-refractivity contribution in [2.75, 3.05) is 19.0 Å². The van der Waals surface area contributed by atoms with Crippen molar-refractivity contribution < 1.29 is 23.5 Å². The lowest BCUT2D eigenvalue weighted by molar-refractivity contribution is -0.118. The molecule has 2 rings (SSSR count). The quantitative estimate of drug-likeness (QED) is 0.861. The van der Waals surface area contributed by atoms with Gasteiger partial charge in [-0.25, -0.2) is 9.18 Å². The van der Waals surface area contributed by atoms with Crippen molar-refractivity contribution in [1.82, 2.24) is 0 Å². The molecule has 1 N–H and O–H groups in total. The number of hydrogen-bond donors (Lipinski definition) is 1. The molecule has 23 heavy (non-hydrogen) atoms. The SMILES string of the molecule is COC(=O)c1cccc(NC(=O)COc2ccccc2F)c1C. The summed E-state index contributed by atoms with van der Waals surface area (Å²) < 4.78 is 23.2. The fourth-order valence-corrected chi connectivity index (χ4v) is 1.99. The maximum absolute atomic E-state index is 13.4. The Morgan fingerprint density at radius 3 is 2.57 bits per heavy atom. The Bertz CT molecular complexity index is 730. The molecule has 0 aliphatic rings. The molecule has 0 saturated carbocycles. The number of anilines is 1. The van der Waals surface area contributed by atoms with Gasteiger partial charge in [0.05, 0.1) is 12.7 Å². The summed E-state index contributed by atoms with van der Waals surface area (Å²) in [6.07, 6.45) is 0. The van der Waals surface area contributed by atoms with Crippen LogP contribution in [-0.2, 0) is 9.53 Å². The van der Waals surface area contributed by atoms with Gasteiger partial charge in [-0.2, -0.15) is 0 Å². The lowest BCUT2D eigenvalue weighted by atomic mass is 10.1. The predicted octanol–water partition coefficient (Wildman–Crippen LogP) is 2.94. The zero-order valence-corrected chi connectivity index (χ0v) is 12.8. The highest BCUT2D eigenvalue weighted by Crippen LogP contribution is 2.20. The van der Waals surface area contributed by atoms with Crippen molar-refractivity contribution in [1.29, 1.82) is 0 Å². The van der Waals surface area contributed by atoms with Crippen molar-refractivity contribution in [2.24, 2.45) is 0 Å². The van der Waals surface area contributed by atoms with Crippen LogP contribution in [0.3, 0.4) is 0 Å². The van der Waals surface area contributed by atoms with Crippen molar-refractivity contribution >= 4 is 17.6 Å². The van der Waals surface area contributed by atoms with E-state index in [0.29, 0.717) is 16.8 Å². The van der Waals surface area contributed by atoms with Crippen LogP contribution in [0.2, 0.25) is 0 Å². The number of benzene rings is 2. The Balaban J connectivity index is 2.03. The van der Waals surface area contributed by atoms with Crippen LogP contribution in [0.1, 0.15) is 15.9 Å². The minimum Gasteiger partial charge on any atom is -0.481 e. The molecule has 0 unspecified atom stereocenters. The van der Waals surface area contributed by atoms with Crippen molar-refractivity contribution in [3.63, 3.8) is 0 Å². The number of rotatable bonds is 5. The first-order valence-corrected chi connectivity index (χ1v) is 6.88. The van der Waals surface area contributed by atoms with Crippen LogP contribution < -0.4 is 10.1 Å². The number of carbonyl (C=O) groups is 2. The maximum atomic E-state index is 13.4. The average Bonchev–Trinajstić information content (AvgIpc) is 2.55. The molecular weight excluding hydrogens is 301 g/mol. The number of amides is 1. The highest BCUT2D eigenvalue weighted by Gasteiger charge is 2.14. The molecule has 0 aliphatic heterocycles. The van der Waals surface area contributed by atoms with Crippen LogP contribution in [0.5, 0.6) is 5.75 Å². The van der Waals surface area contributed by atoms with E-state index in [1.165, 1.54) is 25.3 Å². The summed E-state index contributed by atoms with van der Waals surface area (Å²) in [5.74, 6) is -1.48. The minimum absolute atomic E-state index is 0.00248. The topological polar surface area (TPSA) is 64.6 Å². The van der Waals surface area contributed by atoms with Gasteiger partial charge in [-0.1, -0.05) is 18.2 Å². The fourth-order valence-electron chi connectivity index (χ4n) is 1.99. The zero-order chi connectivity index (χ0) is 16.8. The molecule has 2 aromatic rings. The van der Waals surface area contributed by atoms with Crippen LogP contribution in [0.4, 0.5) is 10.1 Å². The summed E-state index contributed by atoms with van der Waals surface area (Å²) in [7, 11) is 1.29. The third kappa shape index (κ3) is 4.06. The molecule has 0 spiro atoms. The second kappa shape index (κ2) is 7.40. The van der Waals surface area contributed by atoms with E-state index in [0.717, 1.165) is 0 Å². The molecule has 120 valence electrons. The molecule has 0 saturated heterocycles. The van der Waals surface area contributed by atoms with Crippen molar-refractivity contribution in [3.8, 4) is 5.75 Å². The standard InChI is InChI=1S/C17H16FNO4/c1-11-12(17(21)22-2)6-5-8-14(11)19-16(20)10-23-15-9-4-3-7-13(15)18/h3-9H,10H2,1-2H3,(H,19,20). The Morgan fingerprint density at radius 1 is 1.13 bits per heavy atom. The van der Waals surface area contributed by atoms with E-state index in [9.17, 15) is 14.0 Å². The van der Waals surface area contributed by atoms with Crippen molar-refractivity contribution in [3.05, 3.63) is 59.4 Å². The van der Waals surface area contributed by atoms with Crippen molar-refractivity contribution in [2.45, 2.75) is 6.92 Å². The van der Waals surface area contributed by atoms with E-state index < -0.39 is 17.7 Å². The first-order valence-electron chi connectivity index (χ1n) is 6.88. The Labute approximate surface area is 133 Å². The second-order valence-electron chi connectivity index (χ2n) is 4.74. The first kappa shape index (κ1) is 16.5. The number of ether oxygens (including phenoxy) is 2. The molecule has 1 amide bonds. The highest BCUT2D eigenvalue weighted by molar-refractivity contribution is 5.97. The third-order valence-electron chi connectivity index (χ3n) is 3.21. The number of carbonyl (C=O) groups excluding carboxylic acids is 2. The monoisotopic (exact) mass is 317 g/mol. The summed E-state index contributed by atoms with van der Waals surface area (Å²) in [4.78, 5) is 23.5. The van der Waals surface area contributed by atoms with Gasteiger partial charge in [0.1, 0.15) is 0 Å². The van der Waals surface area contributed by atoms with E-state index in [4.69, 9.17) is 4.74 Å². The molecule has 0 atom stereocenters. The molecule has 5 nitrogen and oxygen atoms in total. The molecule has 2 aromatic carbocycles. The van der Waals surface area contributed by atoms with Gasteiger partial charge in [-0.3, -0.25) is 4.79 Å². The maximum Gasteiger partial charge on any atom is 0.338 e. The van der Waals surface area contributed by atoms with Crippen LogP contribution >= 0.6 is 0 Å². The van der Waals surface area contributed by atoms with Gasteiger partial charge in [0.15, 0.2) is 18.2 Å². The molecular formula is C17H16FNO4. The van der Waals surface area contributed by atoms with E-state index >= 15 is 0 Å². The molecule has 0 aliphatic carbocycles. The minimum atomic E-state index is -0.538. The molecule has 0 aromatic heterocycles. The van der Waals surface area contributed by atoms with E-state index in [1.807, 2.05) is 0 Å². The lowest BCUT2D eigenvalue weighted by Crippen LogP contribution is -2.21. The first-order chi connectivity index (χ1) is 11.0. The van der Waals surface area contributed by atoms with Crippen LogP contribution in [0.15, 0.2) is 42.5 Å². The van der Waals surface area contributed by atoms with Crippen LogP contribution in [0.25, 0.3) is 0 Å². The summed E-state index contributed by atoms with van der Waals surface area (Å²) in [5.41, 5.74) is 1.41. The van der Waals surface area contributed by atoms with Gasteiger partial charge < -0.3 is 14.8 Å². The Kier molecular flexibility index (Phi) is 5.30. The fraction of sp³-hybridized carbons (Fsp3) is 0.176. The number of halogens is 1. The van der Waals surface area contributed by atoms with Gasteiger partial charge in [0.25, 0.3) is 5.91 Å². The highest BCUT2D eigenvalue weighted by atomic mass is 19.1. The molecule has 6 heteroatoms. The third-order valence-corrected chi connectivity index (χ3v) is 3.21. The number of para-hydroxylation sites is 1. The zero-order valence-electron chi connectivity index (χ0n) is 12.8. The molecule has 0 fully saturated rings. The van der Waals surface area contributed by atoms with E-state index in [1.54, 1.807) is 31.2 Å². The smallest absolute Gasteiger partial charge is 0.338 e. The molecule has 0 heterocycles. The number of nitrogens with one attached hydrogen (secondary N) is 1. The van der Waals surface area contributed by atoms with E-state index in [-0.39, 0.29) is 12.4 Å². The lowest BCUT2D eigenvalue weighted by Gasteiger charge is -2.12. The summed E-state index contributed by atoms with van der Waals surface area (Å²) >= 11 is 0. The summed E-state index contributed by atoms with van der Waals surface area (Å²) in [6.45, 7) is 1.35. The second-order valence-corrected chi connectivity index (χ2v) is 4.74. The van der Waals surface area contributed by atoms with Crippen LogP contribution in [-0.4, -0.2) is 25.6 Å². The van der Waals surface area contributed by atoms with Crippen LogP contribution in [0, 0.1) is 12.7 Å². The molecule has 0 radical (unpaired) electrons. The largest absolute Gasteiger partial charge is 0.481 e. The normalized spacial score (nSPS) is 10.0. The summed E-state index contributed by atoms with van der Waals surface area (Å²) in [6, 6.07) is 10.7. The van der Waals surface area contributed by atoms with Gasteiger partial charge in [-0.15, -0.1) is 0 Å². The van der Waals surface area contributed by atoms with Gasteiger partial charge >= 0.3 is 5.97 Å².